The van der Waals surface area contributed by atoms with Crippen LogP contribution >= 0.6 is 11.6 Å². The van der Waals surface area contributed by atoms with Crippen LogP contribution in [-0.2, 0) is 4.79 Å². The van der Waals surface area contributed by atoms with E-state index in [1.807, 2.05) is 19.9 Å². The zero-order valence-electron chi connectivity index (χ0n) is 18.0. The molecule has 1 saturated heterocycles. The van der Waals surface area contributed by atoms with Crippen LogP contribution in [0.4, 0.5) is 16.2 Å². The Hall–Kier alpha value is -4.11. The van der Waals surface area contributed by atoms with Crippen LogP contribution in [0.15, 0.2) is 54.2 Å². The van der Waals surface area contributed by atoms with Crippen LogP contribution < -0.4 is 15.0 Å². The fraction of sp³-hybridized carbons (Fsp3) is 0.130. The number of halogens is 1. The van der Waals surface area contributed by atoms with Crippen LogP contribution in [0, 0.1) is 24.0 Å². The normalized spacial score (nSPS) is 14.7. The van der Waals surface area contributed by atoms with Gasteiger partial charge in [0, 0.05) is 28.5 Å². The molecule has 1 N–H and O–H groups in total. The Bertz CT molecular complexity index is 1340. The molecular weight excluding hydrogens is 448 g/mol. The van der Waals surface area contributed by atoms with E-state index >= 15 is 0 Å². The standard InChI is InChI=1S/C23H19ClN4O5/c1-13-9-15(14(2)26(13)20-12-18(28(31)32)7-8-21(20)33-3)10-19-22(29)27(23(30)25-19)17-6-4-5-16(24)11-17/h4-12H,1-3H3,(H,25,30)/b19-10+. The van der Waals surface area contributed by atoms with Crippen LogP contribution in [0.25, 0.3) is 11.8 Å². The molecule has 0 spiro atoms. The largest absolute Gasteiger partial charge is 0.495 e. The van der Waals surface area contributed by atoms with Gasteiger partial charge in [-0.1, -0.05) is 17.7 Å². The number of nitrogens with one attached hydrogen (secondary N) is 1. The van der Waals surface area contributed by atoms with Crippen molar-refractivity contribution >= 4 is 41.0 Å². The maximum absolute atomic E-state index is 13.0. The first-order chi connectivity index (χ1) is 15.7. The second-order valence-corrected chi connectivity index (χ2v) is 7.82. The van der Waals surface area contributed by atoms with Crippen LogP contribution in [0.2, 0.25) is 5.02 Å². The third-order valence-electron chi connectivity index (χ3n) is 5.33. The van der Waals surface area contributed by atoms with Gasteiger partial charge >= 0.3 is 6.03 Å². The summed E-state index contributed by atoms with van der Waals surface area (Å²) in [6.07, 6.45) is 1.58. The molecule has 33 heavy (non-hydrogen) atoms. The Kier molecular flexibility index (Phi) is 5.65. The number of carbonyl (C=O) groups is 2. The molecule has 4 rings (SSSR count). The van der Waals surface area contributed by atoms with Gasteiger partial charge in [-0.05, 0) is 55.8 Å². The molecule has 0 saturated carbocycles. The van der Waals surface area contributed by atoms with Crippen molar-refractivity contribution in [2.24, 2.45) is 0 Å². The third kappa shape index (κ3) is 3.94. The molecule has 0 unspecified atom stereocenters. The van der Waals surface area contributed by atoms with E-state index in [1.165, 1.54) is 31.4 Å². The lowest BCUT2D eigenvalue weighted by Crippen LogP contribution is -2.30. The van der Waals surface area contributed by atoms with Gasteiger partial charge < -0.3 is 14.6 Å². The van der Waals surface area contributed by atoms with Crippen LogP contribution in [0.5, 0.6) is 5.75 Å². The summed E-state index contributed by atoms with van der Waals surface area (Å²) in [6.45, 7) is 3.65. The minimum absolute atomic E-state index is 0.0754. The fourth-order valence-corrected chi connectivity index (χ4v) is 4.00. The number of methoxy groups -OCH3 is 1. The summed E-state index contributed by atoms with van der Waals surface area (Å²) in [5, 5.41) is 14.3. The predicted molar refractivity (Wildman–Crippen MR) is 124 cm³/mol. The minimum Gasteiger partial charge on any atom is -0.495 e. The highest BCUT2D eigenvalue weighted by Crippen LogP contribution is 2.32. The average molecular weight is 467 g/mol. The van der Waals surface area contributed by atoms with Gasteiger partial charge in [-0.25, -0.2) is 9.69 Å². The van der Waals surface area contributed by atoms with Crippen molar-refractivity contribution in [2.75, 3.05) is 12.0 Å². The van der Waals surface area contributed by atoms with Gasteiger partial charge in [0.25, 0.3) is 11.6 Å². The van der Waals surface area contributed by atoms with Crippen molar-refractivity contribution in [3.8, 4) is 11.4 Å². The van der Waals surface area contributed by atoms with Crippen molar-refractivity contribution in [1.29, 1.82) is 0 Å². The first kappa shape index (κ1) is 22.1. The fourth-order valence-electron chi connectivity index (χ4n) is 3.81. The average Bonchev–Trinajstić information content (AvgIpc) is 3.21. The summed E-state index contributed by atoms with van der Waals surface area (Å²) in [6, 6.07) is 12.0. The zero-order chi connectivity index (χ0) is 23.9. The number of carbonyl (C=O) groups excluding carboxylic acids is 2. The van der Waals surface area contributed by atoms with Crippen LogP contribution in [-0.4, -0.2) is 28.5 Å². The number of non-ortho nitro benzene ring substituents is 1. The number of aryl methyl sites for hydroxylation is 1. The molecule has 0 atom stereocenters. The van der Waals surface area contributed by atoms with Crippen LogP contribution in [0.1, 0.15) is 17.0 Å². The zero-order valence-corrected chi connectivity index (χ0v) is 18.7. The number of anilines is 1. The number of hydrogen-bond donors (Lipinski definition) is 1. The molecule has 1 fully saturated rings. The molecule has 3 aromatic rings. The number of amides is 3. The Balaban J connectivity index is 1.76. The Labute approximate surface area is 194 Å². The molecule has 1 aliphatic heterocycles. The molecule has 0 radical (unpaired) electrons. The smallest absolute Gasteiger partial charge is 0.333 e. The lowest BCUT2D eigenvalue weighted by atomic mass is 10.2. The summed E-state index contributed by atoms with van der Waals surface area (Å²) in [4.78, 5) is 37.3. The molecule has 1 aliphatic rings. The van der Waals surface area contributed by atoms with Gasteiger partial charge in [0.1, 0.15) is 11.4 Å². The monoisotopic (exact) mass is 466 g/mol. The lowest BCUT2D eigenvalue weighted by molar-refractivity contribution is -0.384. The number of benzene rings is 2. The van der Waals surface area contributed by atoms with Gasteiger partial charge in [0.15, 0.2) is 0 Å². The van der Waals surface area contributed by atoms with Crippen molar-refractivity contribution < 1.29 is 19.2 Å². The molecule has 1 aromatic heterocycles. The maximum Gasteiger partial charge on any atom is 0.333 e. The van der Waals surface area contributed by atoms with Gasteiger partial charge in [0.05, 0.1) is 23.4 Å². The molecule has 10 heteroatoms. The SMILES string of the molecule is COc1ccc([N+](=O)[O-])cc1-n1c(C)cc(/C=C2/NC(=O)N(c3cccc(Cl)c3)C2=O)c1C. The highest BCUT2D eigenvalue weighted by Gasteiger charge is 2.35. The minimum atomic E-state index is -0.581. The van der Waals surface area contributed by atoms with Gasteiger partial charge in [-0.15, -0.1) is 0 Å². The molecule has 0 bridgehead atoms. The first-order valence-electron chi connectivity index (χ1n) is 9.85. The number of rotatable bonds is 5. The highest BCUT2D eigenvalue weighted by molar-refractivity contribution is 6.32. The van der Waals surface area contributed by atoms with Gasteiger partial charge in [-0.3, -0.25) is 14.9 Å². The summed E-state index contributed by atoms with van der Waals surface area (Å²) < 4.78 is 7.20. The second-order valence-electron chi connectivity index (χ2n) is 7.38. The van der Waals surface area contributed by atoms with E-state index in [4.69, 9.17) is 16.3 Å². The number of urea groups is 1. The number of nitrogens with zero attached hydrogens (tertiary/aromatic N) is 3. The Morgan fingerprint density at radius 3 is 2.55 bits per heavy atom. The molecule has 2 aromatic carbocycles. The summed E-state index contributed by atoms with van der Waals surface area (Å²) in [5.41, 5.74) is 3.02. The molecule has 0 aliphatic carbocycles. The molecule has 9 nitrogen and oxygen atoms in total. The summed E-state index contributed by atoms with van der Waals surface area (Å²) in [5.74, 6) is -0.0565. The number of aromatic nitrogens is 1. The molecule has 3 amide bonds. The van der Waals surface area contributed by atoms with E-state index in [1.54, 1.807) is 28.8 Å². The third-order valence-corrected chi connectivity index (χ3v) is 5.56. The number of ether oxygens (including phenoxy) is 1. The predicted octanol–water partition coefficient (Wildman–Crippen LogP) is 4.76. The van der Waals surface area contributed by atoms with E-state index in [0.29, 0.717) is 33.4 Å². The number of nitro groups is 1. The molecule has 168 valence electrons. The molecular formula is C23H19ClN4O5. The number of imide groups is 1. The van der Waals surface area contributed by atoms with E-state index in [9.17, 15) is 19.7 Å². The Morgan fingerprint density at radius 1 is 1.12 bits per heavy atom. The number of nitro benzene ring substituents is 1. The number of hydrogen-bond acceptors (Lipinski definition) is 5. The van der Waals surface area contributed by atoms with E-state index in [0.717, 1.165) is 10.6 Å². The van der Waals surface area contributed by atoms with Crippen molar-refractivity contribution in [3.05, 3.63) is 86.3 Å². The van der Waals surface area contributed by atoms with E-state index < -0.39 is 16.9 Å². The van der Waals surface area contributed by atoms with Gasteiger partial charge in [-0.2, -0.15) is 0 Å². The quantitative estimate of drug-likeness (QED) is 0.252. The topological polar surface area (TPSA) is 107 Å². The maximum atomic E-state index is 13.0. The lowest BCUT2D eigenvalue weighted by Gasteiger charge is -2.14. The van der Waals surface area contributed by atoms with Gasteiger partial charge in [0.2, 0.25) is 0 Å². The van der Waals surface area contributed by atoms with E-state index in [2.05, 4.69) is 5.32 Å². The summed E-state index contributed by atoms with van der Waals surface area (Å²) >= 11 is 6.00. The highest BCUT2D eigenvalue weighted by atomic mass is 35.5. The Morgan fingerprint density at radius 2 is 1.88 bits per heavy atom. The van der Waals surface area contributed by atoms with Crippen molar-refractivity contribution in [3.63, 3.8) is 0 Å². The second kappa shape index (κ2) is 8.44. The first-order valence-corrected chi connectivity index (χ1v) is 10.2. The molecule has 2 heterocycles. The van der Waals surface area contributed by atoms with Crippen LogP contribution in [0.3, 0.4) is 0 Å². The van der Waals surface area contributed by atoms with Crippen molar-refractivity contribution in [1.82, 2.24) is 9.88 Å². The van der Waals surface area contributed by atoms with E-state index in [-0.39, 0.29) is 11.4 Å². The van der Waals surface area contributed by atoms with Crippen molar-refractivity contribution in [2.45, 2.75) is 13.8 Å². The summed E-state index contributed by atoms with van der Waals surface area (Å²) in [7, 11) is 1.48.